The lowest BCUT2D eigenvalue weighted by molar-refractivity contribution is 0.640. The van der Waals surface area contributed by atoms with E-state index in [9.17, 15) is 0 Å². The number of hydrogen-bond acceptors (Lipinski definition) is 5. The molecule has 0 aliphatic carbocycles. The summed E-state index contributed by atoms with van der Waals surface area (Å²) in [7, 11) is 0. The van der Waals surface area contributed by atoms with Crippen molar-refractivity contribution in [3.8, 4) is 0 Å². The van der Waals surface area contributed by atoms with E-state index >= 15 is 0 Å². The molecule has 1 aliphatic heterocycles. The average molecular weight is 269 g/mol. The van der Waals surface area contributed by atoms with E-state index in [1.165, 1.54) is 5.56 Å². The average Bonchev–Trinajstić information content (AvgIpc) is 2.51. The summed E-state index contributed by atoms with van der Waals surface area (Å²) in [5, 5.41) is 0. The molecule has 2 aromatic rings. The Morgan fingerprint density at radius 2 is 1.65 bits per heavy atom. The molecule has 0 bridgehead atoms. The lowest BCUT2D eigenvalue weighted by Crippen LogP contribution is -2.47. The van der Waals surface area contributed by atoms with Gasteiger partial charge in [-0.1, -0.05) is 6.07 Å². The number of nitrogens with zero attached hydrogens (tertiary/aromatic N) is 4. The van der Waals surface area contributed by atoms with Gasteiger partial charge in [0.15, 0.2) is 0 Å². The SMILES string of the molecule is Cc1ccc(N)c(N2CCN(c3ncccn3)CC2)c1. The highest BCUT2D eigenvalue weighted by atomic mass is 15.3. The summed E-state index contributed by atoms with van der Waals surface area (Å²) in [5.41, 5.74) is 9.31. The van der Waals surface area contributed by atoms with Crippen LogP contribution in [0.4, 0.5) is 17.3 Å². The lowest BCUT2D eigenvalue weighted by atomic mass is 10.1. The largest absolute Gasteiger partial charge is 0.397 e. The number of hydrogen-bond donors (Lipinski definition) is 1. The number of benzene rings is 1. The smallest absolute Gasteiger partial charge is 0.225 e. The molecule has 0 unspecified atom stereocenters. The van der Waals surface area contributed by atoms with Gasteiger partial charge in [-0.15, -0.1) is 0 Å². The van der Waals surface area contributed by atoms with Crippen molar-refractivity contribution in [2.75, 3.05) is 41.7 Å². The zero-order valence-electron chi connectivity index (χ0n) is 11.7. The Hall–Kier alpha value is -2.30. The zero-order valence-corrected chi connectivity index (χ0v) is 11.7. The number of nitrogen functional groups attached to an aromatic ring is 1. The molecule has 0 saturated carbocycles. The van der Waals surface area contributed by atoms with E-state index in [0.29, 0.717) is 0 Å². The van der Waals surface area contributed by atoms with Crippen LogP contribution in [0.1, 0.15) is 5.56 Å². The van der Waals surface area contributed by atoms with Gasteiger partial charge in [0.1, 0.15) is 0 Å². The van der Waals surface area contributed by atoms with Crippen molar-refractivity contribution in [2.24, 2.45) is 0 Å². The third-order valence-electron chi connectivity index (χ3n) is 3.64. The summed E-state index contributed by atoms with van der Waals surface area (Å²) in [6.45, 7) is 5.80. The molecule has 2 heterocycles. The van der Waals surface area contributed by atoms with Gasteiger partial charge < -0.3 is 15.5 Å². The van der Waals surface area contributed by atoms with Gasteiger partial charge in [0.2, 0.25) is 5.95 Å². The van der Waals surface area contributed by atoms with Crippen LogP contribution in [0.25, 0.3) is 0 Å². The maximum atomic E-state index is 6.09. The van der Waals surface area contributed by atoms with Gasteiger partial charge in [0.25, 0.3) is 0 Å². The van der Waals surface area contributed by atoms with E-state index in [4.69, 9.17) is 5.73 Å². The van der Waals surface area contributed by atoms with Crippen LogP contribution < -0.4 is 15.5 Å². The predicted molar refractivity (Wildman–Crippen MR) is 82.0 cm³/mol. The third kappa shape index (κ3) is 2.52. The van der Waals surface area contributed by atoms with Crippen molar-refractivity contribution in [1.82, 2.24) is 9.97 Å². The Kier molecular flexibility index (Phi) is 3.41. The van der Waals surface area contributed by atoms with Crippen LogP contribution in [0.15, 0.2) is 36.7 Å². The summed E-state index contributed by atoms with van der Waals surface area (Å²) in [6, 6.07) is 8.03. The van der Waals surface area contributed by atoms with E-state index < -0.39 is 0 Å². The van der Waals surface area contributed by atoms with Crippen LogP contribution in [-0.4, -0.2) is 36.1 Å². The van der Waals surface area contributed by atoms with Crippen molar-refractivity contribution in [2.45, 2.75) is 6.92 Å². The van der Waals surface area contributed by atoms with Crippen LogP contribution in [0, 0.1) is 6.92 Å². The molecule has 2 N–H and O–H groups in total. The monoisotopic (exact) mass is 269 g/mol. The van der Waals surface area contributed by atoms with E-state index in [1.54, 1.807) is 12.4 Å². The number of aromatic nitrogens is 2. The van der Waals surface area contributed by atoms with Crippen molar-refractivity contribution < 1.29 is 0 Å². The summed E-state index contributed by atoms with van der Waals surface area (Å²) in [4.78, 5) is 13.2. The number of piperazine rings is 1. The number of anilines is 3. The molecule has 1 saturated heterocycles. The first-order valence-electron chi connectivity index (χ1n) is 6.87. The molecule has 1 aromatic carbocycles. The normalized spacial score (nSPS) is 15.4. The number of rotatable bonds is 2. The van der Waals surface area contributed by atoms with Crippen molar-refractivity contribution in [3.63, 3.8) is 0 Å². The molecule has 1 fully saturated rings. The summed E-state index contributed by atoms with van der Waals surface area (Å²) >= 11 is 0. The quantitative estimate of drug-likeness (QED) is 0.841. The molecular formula is C15H19N5. The fourth-order valence-corrected chi connectivity index (χ4v) is 2.53. The summed E-state index contributed by atoms with van der Waals surface area (Å²) in [6.07, 6.45) is 3.57. The molecule has 20 heavy (non-hydrogen) atoms. The molecule has 0 radical (unpaired) electrons. The Labute approximate surface area is 119 Å². The third-order valence-corrected chi connectivity index (χ3v) is 3.64. The molecule has 0 amide bonds. The van der Waals surface area contributed by atoms with E-state index in [-0.39, 0.29) is 0 Å². The van der Waals surface area contributed by atoms with Gasteiger partial charge in [-0.25, -0.2) is 9.97 Å². The van der Waals surface area contributed by atoms with E-state index in [0.717, 1.165) is 43.5 Å². The number of aryl methyl sites for hydroxylation is 1. The van der Waals surface area contributed by atoms with Gasteiger partial charge in [-0.05, 0) is 30.7 Å². The molecule has 0 spiro atoms. The molecule has 104 valence electrons. The Bertz CT molecular complexity index is 576. The second kappa shape index (κ2) is 5.36. The molecule has 5 nitrogen and oxygen atoms in total. The summed E-state index contributed by atoms with van der Waals surface area (Å²) in [5.74, 6) is 0.810. The molecule has 0 atom stereocenters. The standard InChI is InChI=1S/C15H19N5/c1-12-3-4-13(16)14(11-12)19-7-9-20(10-8-19)15-17-5-2-6-18-15/h2-6,11H,7-10,16H2,1H3. The Morgan fingerprint density at radius 1 is 1.00 bits per heavy atom. The lowest BCUT2D eigenvalue weighted by Gasteiger charge is -2.36. The van der Waals surface area contributed by atoms with Crippen LogP contribution in [-0.2, 0) is 0 Å². The fourth-order valence-electron chi connectivity index (χ4n) is 2.53. The molecular weight excluding hydrogens is 250 g/mol. The Morgan fingerprint density at radius 3 is 2.35 bits per heavy atom. The van der Waals surface area contributed by atoms with Gasteiger partial charge in [0.05, 0.1) is 11.4 Å². The van der Waals surface area contributed by atoms with Gasteiger partial charge in [0, 0.05) is 38.6 Å². The van der Waals surface area contributed by atoms with Gasteiger partial charge >= 0.3 is 0 Å². The molecule has 3 rings (SSSR count). The number of nitrogens with two attached hydrogens (primary N) is 1. The maximum Gasteiger partial charge on any atom is 0.225 e. The van der Waals surface area contributed by atoms with Crippen LogP contribution in [0.5, 0.6) is 0 Å². The molecule has 1 aliphatic rings. The Balaban J connectivity index is 1.71. The minimum atomic E-state index is 0.810. The fraction of sp³-hybridized carbons (Fsp3) is 0.333. The van der Waals surface area contributed by atoms with Gasteiger partial charge in [-0.2, -0.15) is 0 Å². The van der Waals surface area contributed by atoms with Crippen molar-refractivity contribution in [1.29, 1.82) is 0 Å². The highest BCUT2D eigenvalue weighted by molar-refractivity contribution is 5.69. The molecule has 5 heteroatoms. The summed E-state index contributed by atoms with van der Waals surface area (Å²) < 4.78 is 0. The van der Waals surface area contributed by atoms with Crippen LogP contribution in [0.2, 0.25) is 0 Å². The van der Waals surface area contributed by atoms with Crippen LogP contribution >= 0.6 is 0 Å². The van der Waals surface area contributed by atoms with Crippen molar-refractivity contribution >= 4 is 17.3 Å². The molecule has 1 aromatic heterocycles. The second-order valence-electron chi connectivity index (χ2n) is 5.09. The van der Waals surface area contributed by atoms with E-state index in [1.807, 2.05) is 18.2 Å². The highest BCUT2D eigenvalue weighted by Crippen LogP contribution is 2.25. The first kappa shape index (κ1) is 12.7. The topological polar surface area (TPSA) is 58.3 Å². The minimum absolute atomic E-state index is 0.810. The first-order chi connectivity index (χ1) is 9.74. The van der Waals surface area contributed by atoms with E-state index in [2.05, 4.69) is 32.8 Å². The zero-order chi connectivity index (χ0) is 13.9. The first-order valence-corrected chi connectivity index (χ1v) is 6.87. The maximum absolute atomic E-state index is 6.09. The second-order valence-corrected chi connectivity index (χ2v) is 5.09. The minimum Gasteiger partial charge on any atom is -0.397 e. The van der Waals surface area contributed by atoms with Crippen LogP contribution in [0.3, 0.4) is 0 Å². The predicted octanol–water partition coefficient (Wildman–Crippen LogP) is 1.69. The van der Waals surface area contributed by atoms with Gasteiger partial charge in [-0.3, -0.25) is 0 Å². The highest BCUT2D eigenvalue weighted by Gasteiger charge is 2.20. The van der Waals surface area contributed by atoms with Crippen molar-refractivity contribution in [3.05, 3.63) is 42.2 Å².